The molecule has 1 aliphatic heterocycles. The Morgan fingerprint density at radius 1 is 0.826 bits per heavy atom. The number of aryl methyl sites for hydroxylation is 1. The first kappa shape index (κ1) is 31.5. The molecule has 7 nitrogen and oxygen atoms in total. The molecule has 46 heavy (non-hydrogen) atoms. The van der Waals surface area contributed by atoms with Crippen molar-refractivity contribution < 1.29 is 17.9 Å². The molecule has 0 unspecified atom stereocenters. The van der Waals surface area contributed by atoms with Gasteiger partial charge in [0.1, 0.15) is 11.9 Å². The van der Waals surface area contributed by atoms with E-state index in [9.17, 15) is 13.2 Å². The molecular weight excluding hydrogens is 641 g/mol. The van der Waals surface area contributed by atoms with Gasteiger partial charge in [-0.2, -0.15) is 0 Å². The van der Waals surface area contributed by atoms with Crippen molar-refractivity contribution in [1.29, 1.82) is 0 Å². The molecule has 5 aromatic carbocycles. The lowest BCUT2D eigenvalue weighted by molar-refractivity contribution is 0.0968. The molecule has 0 spiro atoms. The Kier molecular flexibility index (Phi) is 8.95. The lowest BCUT2D eigenvalue weighted by Crippen LogP contribution is -2.49. The predicted octanol–water partition coefficient (Wildman–Crippen LogP) is 8.87. The molecule has 0 saturated carbocycles. The lowest BCUT2D eigenvalue weighted by atomic mass is 9.99. The van der Waals surface area contributed by atoms with Crippen molar-refractivity contribution in [3.63, 3.8) is 0 Å². The van der Waals surface area contributed by atoms with Crippen LogP contribution in [0.3, 0.4) is 0 Å². The first-order chi connectivity index (χ1) is 22.1. The molecule has 5 aromatic rings. The minimum atomic E-state index is -4.05. The van der Waals surface area contributed by atoms with Crippen LogP contribution in [-0.4, -0.2) is 20.9 Å². The van der Waals surface area contributed by atoms with Crippen LogP contribution < -0.4 is 19.3 Å². The van der Waals surface area contributed by atoms with E-state index in [0.717, 1.165) is 16.7 Å². The van der Waals surface area contributed by atoms with Crippen LogP contribution in [0.5, 0.6) is 5.75 Å². The van der Waals surface area contributed by atoms with Gasteiger partial charge in [-0.3, -0.25) is 14.4 Å². The van der Waals surface area contributed by atoms with Crippen LogP contribution in [0.15, 0.2) is 120 Å². The SMILES string of the molecule is CCOc1ccc(NS(=O)(=O)c2ccc3c(c2)C(=O)N(c2ccc(C)cc2)[C@@H](c2ccc(Cl)c(Cl)c2)N3Cc2ccccc2)cc1. The summed E-state index contributed by atoms with van der Waals surface area (Å²) in [5.74, 6) is 0.286. The van der Waals surface area contributed by atoms with Gasteiger partial charge in [-0.05, 0) is 91.7 Å². The van der Waals surface area contributed by atoms with Crippen molar-refractivity contribution >= 4 is 56.2 Å². The summed E-state index contributed by atoms with van der Waals surface area (Å²) in [6.07, 6.45) is -0.623. The molecule has 10 heteroatoms. The molecule has 0 bridgehead atoms. The number of sulfonamides is 1. The van der Waals surface area contributed by atoms with E-state index in [1.807, 2.05) is 74.5 Å². The van der Waals surface area contributed by atoms with Gasteiger partial charge >= 0.3 is 0 Å². The van der Waals surface area contributed by atoms with Crippen LogP contribution in [0.4, 0.5) is 17.1 Å². The molecule has 1 aliphatic rings. The zero-order chi connectivity index (χ0) is 32.4. The van der Waals surface area contributed by atoms with Gasteiger partial charge in [-0.1, -0.05) is 77.3 Å². The molecule has 1 amide bonds. The number of hydrogen-bond donors (Lipinski definition) is 1. The number of benzene rings is 5. The quantitative estimate of drug-likeness (QED) is 0.169. The highest BCUT2D eigenvalue weighted by Gasteiger charge is 2.40. The fourth-order valence-corrected chi connectivity index (χ4v) is 6.92. The molecule has 1 N–H and O–H groups in total. The number of amides is 1. The third-order valence-electron chi connectivity index (χ3n) is 7.74. The Labute approximate surface area is 279 Å². The fourth-order valence-electron chi connectivity index (χ4n) is 5.53. The van der Waals surface area contributed by atoms with Gasteiger partial charge in [0, 0.05) is 17.9 Å². The Morgan fingerprint density at radius 3 is 2.22 bits per heavy atom. The smallest absolute Gasteiger partial charge is 0.262 e. The number of carbonyl (C=O) groups is 1. The minimum Gasteiger partial charge on any atom is -0.494 e. The maximum Gasteiger partial charge on any atom is 0.262 e. The van der Waals surface area contributed by atoms with Crippen LogP contribution in [0.2, 0.25) is 10.0 Å². The van der Waals surface area contributed by atoms with Crippen molar-refractivity contribution in [1.82, 2.24) is 0 Å². The summed E-state index contributed by atoms with van der Waals surface area (Å²) < 4.78 is 35.3. The second-order valence-electron chi connectivity index (χ2n) is 10.9. The van der Waals surface area contributed by atoms with Crippen molar-refractivity contribution in [3.8, 4) is 5.75 Å². The van der Waals surface area contributed by atoms with E-state index in [-0.39, 0.29) is 16.4 Å². The molecule has 234 valence electrons. The van der Waals surface area contributed by atoms with E-state index < -0.39 is 16.2 Å². The van der Waals surface area contributed by atoms with Crippen LogP contribution in [-0.2, 0) is 16.6 Å². The fraction of sp³-hybridized carbons (Fsp3) is 0.139. The van der Waals surface area contributed by atoms with E-state index in [0.29, 0.717) is 46.0 Å². The Hall–Kier alpha value is -4.50. The Bertz CT molecular complexity index is 1990. The zero-order valence-corrected chi connectivity index (χ0v) is 27.5. The summed E-state index contributed by atoms with van der Waals surface area (Å²) >= 11 is 12.8. The summed E-state index contributed by atoms with van der Waals surface area (Å²) in [5, 5.41) is 0.766. The molecule has 6 rings (SSSR count). The van der Waals surface area contributed by atoms with E-state index in [1.54, 1.807) is 47.4 Å². The van der Waals surface area contributed by atoms with Crippen LogP contribution >= 0.6 is 23.2 Å². The zero-order valence-electron chi connectivity index (χ0n) is 25.2. The highest BCUT2D eigenvalue weighted by molar-refractivity contribution is 7.92. The third-order valence-corrected chi connectivity index (χ3v) is 9.86. The summed E-state index contributed by atoms with van der Waals surface area (Å²) in [5.41, 5.74) is 4.66. The van der Waals surface area contributed by atoms with Crippen LogP contribution in [0, 0.1) is 6.92 Å². The summed E-state index contributed by atoms with van der Waals surface area (Å²) in [6, 6.07) is 34.2. The third kappa shape index (κ3) is 6.42. The van der Waals surface area contributed by atoms with Crippen molar-refractivity contribution in [2.75, 3.05) is 21.1 Å². The van der Waals surface area contributed by atoms with Gasteiger partial charge in [-0.15, -0.1) is 0 Å². The number of ether oxygens (including phenoxy) is 1. The van der Waals surface area contributed by atoms with E-state index >= 15 is 0 Å². The normalized spacial score (nSPS) is 14.6. The van der Waals surface area contributed by atoms with Crippen molar-refractivity contribution in [2.45, 2.75) is 31.5 Å². The molecule has 1 heterocycles. The van der Waals surface area contributed by atoms with Gasteiger partial charge in [0.15, 0.2) is 0 Å². The molecule has 0 aromatic heterocycles. The van der Waals surface area contributed by atoms with E-state index in [4.69, 9.17) is 27.9 Å². The number of hydrogen-bond acceptors (Lipinski definition) is 5. The summed E-state index contributed by atoms with van der Waals surface area (Å²) in [4.78, 5) is 18.3. The second kappa shape index (κ2) is 13.1. The number of nitrogens with zero attached hydrogens (tertiary/aromatic N) is 2. The highest BCUT2D eigenvalue weighted by atomic mass is 35.5. The van der Waals surface area contributed by atoms with E-state index in [2.05, 4.69) is 9.62 Å². The molecule has 0 radical (unpaired) electrons. The highest BCUT2D eigenvalue weighted by Crippen LogP contribution is 2.44. The standard InChI is InChI=1S/C36H31Cl2N3O4S/c1-3-45-29-16-12-27(13-17-29)39-46(43,44)30-18-20-34-31(22-30)36(42)41(28-14-9-24(2)10-15-28)35(26-11-19-32(37)33(38)21-26)40(34)23-25-7-5-4-6-8-25/h4-22,35,39H,3,23H2,1-2H3/t35-/m0/s1. The van der Waals surface area contributed by atoms with Gasteiger partial charge in [-0.25, -0.2) is 8.42 Å². The molecule has 1 atom stereocenters. The van der Waals surface area contributed by atoms with Gasteiger partial charge < -0.3 is 9.64 Å². The summed E-state index contributed by atoms with van der Waals surface area (Å²) in [7, 11) is -4.05. The second-order valence-corrected chi connectivity index (χ2v) is 13.4. The predicted molar refractivity (Wildman–Crippen MR) is 185 cm³/mol. The Morgan fingerprint density at radius 2 is 1.54 bits per heavy atom. The first-order valence-electron chi connectivity index (χ1n) is 14.7. The topological polar surface area (TPSA) is 78.9 Å². The minimum absolute atomic E-state index is 0.0370. The maximum absolute atomic E-state index is 14.6. The van der Waals surface area contributed by atoms with E-state index in [1.165, 1.54) is 12.1 Å². The number of anilines is 3. The van der Waals surface area contributed by atoms with Crippen LogP contribution in [0.25, 0.3) is 0 Å². The number of halogens is 2. The summed E-state index contributed by atoms with van der Waals surface area (Å²) in [6.45, 7) is 4.78. The number of carbonyl (C=O) groups excluding carboxylic acids is 1. The molecular formula is C36H31Cl2N3O4S. The van der Waals surface area contributed by atoms with Crippen molar-refractivity contribution in [3.05, 3.63) is 148 Å². The van der Waals surface area contributed by atoms with Crippen molar-refractivity contribution in [2.24, 2.45) is 0 Å². The van der Waals surface area contributed by atoms with Crippen LogP contribution in [0.1, 0.15) is 40.1 Å². The molecule has 0 saturated heterocycles. The number of fused-ring (bicyclic) bond motifs is 1. The maximum atomic E-state index is 14.6. The average molecular weight is 673 g/mol. The average Bonchev–Trinajstić information content (AvgIpc) is 3.05. The van der Waals surface area contributed by atoms with Gasteiger partial charge in [0.2, 0.25) is 0 Å². The van der Waals surface area contributed by atoms with Gasteiger partial charge in [0.05, 0.1) is 32.8 Å². The molecule has 0 aliphatic carbocycles. The van der Waals surface area contributed by atoms with Gasteiger partial charge in [0.25, 0.3) is 15.9 Å². The lowest BCUT2D eigenvalue weighted by Gasteiger charge is -2.46. The largest absolute Gasteiger partial charge is 0.494 e. The Balaban J connectivity index is 1.49. The molecule has 0 fully saturated rings. The number of nitrogens with one attached hydrogen (secondary N) is 1. The monoisotopic (exact) mass is 671 g/mol. The number of rotatable bonds is 9. The first-order valence-corrected chi connectivity index (χ1v) is 16.9.